The molecule has 0 N–H and O–H groups in total. The lowest BCUT2D eigenvalue weighted by molar-refractivity contribution is 0.0626. The van der Waals surface area contributed by atoms with Crippen molar-refractivity contribution >= 4 is 21.8 Å². The molecule has 162 valence electrons. The number of halogens is 1. The van der Waals surface area contributed by atoms with E-state index in [1.807, 2.05) is 23.1 Å². The Balaban J connectivity index is 1.67. The minimum Gasteiger partial charge on any atom is -0.497 e. The SMILES string of the molecule is COc1ccc(OC)c(CN2CCN(C(=O)c3cc(OC)c(Br)c(OC)c3)CC2)c1. The molecule has 1 heterocycles. The van der Waals surface area contributed by atoms with Crippen LogP contribution < -0.4 is 18.9 Å². The van der Waals surface area contributed by atoms with Gasteiger partial charge in [-0.25, -0.2) is 0 Å². The zero-order chi connectivity index (χ0) is 21.7. The van der Waals surface area contributed by atoms with Gasteiger partial charge in [-0.05, 0) is 46.3 Å². The molecule has 2 aromatic rings. The fourth-order valence-corrected chi connectivity index (χ4v) is 4.08. The van der Waals surface area contributed by atoms with Gasteiger partial charge in [0.15, 0.2) is 0 Å². The number of hydrogen-bond donors (Lipinski definition) is 0. The Morgan fingerprint density at radius 3 is 2.00 bits per heavy atom. The molecule has 3 rings (SSSR count). The summed E-state index contributed by atoms with van der Waals surface area (Å²) in [7, 11) is 6.46. The molecule has 1 aliphatic heterocycles. The van der Waals surface area contributed by atoms with Crippen molar-refractivity contribution in [3.8, 4) is 23.0 Å². The first-order chi connectivity index (χ1) is 14.5. The van der Waals surface area contributed by atoms with Crippen LogP contribution in [0.15, 0.2) is 34.8 Å². The zero-order valence-electron chi connectivity index (χ0n) is 17.7. The number of nitrogens with zero attached hydrogens (tertiary/aromatic N) is 2. The molecule has 1 saturated heterocycles. The van der Waals surface area contributed by atoms with Gasteiger partial charge in [0.1, 0.15) is 27.5 Å². The fraction of sp³-hybridized carbons (Fsp3) is 0.409. The van der Waals surface area contributed by atoms with E-state index in [0.29, 0.717) is 34.6 Å². The molecule has 1 amide bonds. The molecular weight excluding hydrogens is 452 g/mol. The minimum atomic E-state index is -0.0299. The van der Waals surface area contributed by atoms with Crippen LogP contribution in [0.4, 0.5) is 0 Å². The topological polar surface area (TPSA) is 60.5 Å². The molecule has 1 fully saturated rings. The maximum Gasteiger partial charge on any atom is 0.254 e. The van der Waals surface area contributed by atoms with E-state index < -0.39 is 0 Å². The molecule has 7 nitrogen and oxygen atoms in total. The summed E-state index contributed by atoms with van der Waals surface area (Å²) in [5.74, 6) is 2.75. The van der Waals surface area contributed by atoms with Crippen LogP contribution in [0.5, 0.6) is 23.0 Å². The second kappa shape index (κ2) is 10.0. The Labute approximate surface area is 185 Å². The first-order valence-electron chi connectivity index (χ1n) is 9.64. The van der Waals surface area contributed by atoms with Crippen LogP contribution in [0, 0.1) is 0 Å². The van der Waals surface area contributed by atoms with Gasteiger partial charge in [0.2, 0.25) is 0 Å². The summed E-state index contributed by atoms with van der Waals surface area (Å²) in [6.07, 6.45) is 0. The van der Waals surface area contributed by atoms with Crippen molar-refractivity contribution in [2.45, 2.75) is 6.54 Å². The summed E-state index contributed by atoms with van der Waals surface area (Å²) in [4.78, 5) is 17.2. The predicted octanol–water partition coefficient (Wildman–Crippen LogP) is 3.44. The molecule has 30 heavy (non-hydrogen) atoms. The summed E-state index contributed by atoms with van der Waals surface area (Å²) < 4.78 is 22.2. The van der Waals surface area contributed by atoms with Crippen molar-refractivity contribution in [1.82, 2.24) is 9.80 Å². The van der Waals surface area contributed by atoms with Crippen LogP contribution in [0.2, 0.25) is 0 Å². The summed E-state index contributed by atoms with van der Waals surface area (Å²) in [5, 5.41) is 0. The molecule has 0 radical (unpaired) electrons. The average Bonchev–Trinajstić information content (AvgIpc) is 2.79. The van der Waals surface area contributed by atoms with Crippen LogP contribution in [-0.2, 0) is 6.54 Å². The number of ether oxygens (including phenoxy) is 4. The van der Waals surface area contributed by atoms with E-state index in [2.05, 4.69) is 20.8 Å². The number of rotatable bonds is 7. The molecule has 8 heteroatoms. The van der Waals surface area contributed by atoms with Gasteiger partial charge in [0.05, 0.1) is 28.4 Å². The monoisotopic (exact) mass is 478 g/mol. The quantitative estimate of drug-likeness (QED) is 0.607. The highest BCUT2D eigenvalue weighted by Crippen LogP contribution is 2.36. The maximum absolute atomic E-state index is 13.0. The first-order valence-corrected chi connectivity index (χ1v) is 10.4. The van der Waals surface area contributed by atoms with Crippen molar-refractivity contribution in [3.05, 3.63) is 45.9 Å². The number of benzene rings is 2. The predicted molar refractivity (Wildman–Crippen MR) is 118 cm³/mol. The van der Waals surface area contributed by atoms with E-state index >= 15 is 0 Å². The molecule has 0 atom stereocenters. The molecule has 0 saturated carbocycles. The zero-order valence-corrected chi connectivity index (χ0v) is 19.3. The van der Waals surface area contributed by atoms with Gasteiger partial charge in [-0.2, -0.15) is 0 Å². The Bertz CT molecular complexity index is 872. The van der Waals surface area contributed by atoms with Crippen LogP contribution in [-0.4, -0.2) is 70.3 Å². The number of carbonyl (C=O) groups is 1. The van der Waals surface area contributed by atoms with Gasteiger partial charge in [-0.15, -0.1) is 0 Å². The maximum atomic E-state index is 13.0. The lowest BCUT2D eigenvalue weighted by atomic mass is 10.1. The Hall–Kier alpha value is -2.45. The number of hydrogen-bond acceptors (Lipinski definition) is 6. The third kappa shape index (κ3) is 4.82. The molecule has 0 aromatic heterocycles. The van der Waals surface area contributed by atoms with Gasteiger partial charge in [0.25, 0.3) is 5.91 Å². The molecule has 1 aliphatic rings. The van der Waals surface area contributed by atoms with Crippen molar-refractivity contribution < 1.29 is 23.7 Å². The second-order valence-electron chi connectivity index (χ2n) is 6.94. The van der Waals surface area contributed by atoms with Gasteiger partial charge in [-0.3, -0.25) is 9.69 Å². The third-order valence-electron chi connectivity index (χ3n) is 5.23. The van der Waals surface area contributed by atoms with E-state index in [4.69, 9.17) is 18.9 Å². The fourth-order valence-electron chi connectivity index (χ4n) is 3.53. The Morgan fingerprint density at radius 2 is 1.47 bits per heavy atom. The van der Waals surface area contributed by atoms with Crippen LogP contribution in [0.3, 0.4) is 0 Å². The van der Waals surface area contributed by atoms with E-state index in [1.165, 1.54) is 0 Å². The summed E-state index contributed by atoms with van der Waals surface area (Å²) >= 11 is 3.44. The summed E-state index contributed by atoms with van der Waals surface area (Å²) in [6, 6.07) is 9.28. The van der Waals surface area contributed by atoms with Crippen LogP contribution in [0.1, 0.15) is 15.9 Å². The molecule has 0 unspecified atom stereocenters. The Morgan fingerprint density at radius 1 is 0.867 bits per heavy atom. The molecule has 0 aliphatic carbocycles. The number of carbonyl (C=O) groups excluding carboxylic acids is 1. The highest BCUT2D eigenvalue weighted by atomic mass is 79.9. The molecule has 0 spiro atoms. The number of piperazine rings is 1. The largest absolute Gasteiger partial charge is 0.497 e. The number of amides is 1. The van der Waals surface area contributed by atoms with E-state index in [1.54, 1.807) is 40.6 Å². The van der Waals surface area contributed by atoms with Crippen LogP contribution in [0.25, 0.3) is 0 Å². The lowest BCUT2D eigenvalue weighted by Crippen LogP contribution is -2.48. The third-order valence-corrected chi connectivity index (χ3v) is 6.02. The van der Waals surface area contributed by atoms with Crippen LogP contribution >= 0.6 is 15.9 Å². The van der Waals surface area contributed by atoms with E-state index in [9.17, 15) is 4.79 Å². The highest BCUT2D eigenvalue weighted by Gasteiger charge is 2.24. The average molecular weight is 479 g/mol. The van der Waals surface area contributed by atoms with Crippen molar-refractivity contribution in [1.29, 1.82) is 0 Å². The van der Waals surface area contributed by atoms with E-state index in [0.717, 1.165) is 36.7 Å². The first kappa shape index (κ1) is 22.2. The molecule has 0 bridgehead atoms. The number of methoxy groups -OCH3 is 4. The lowest BCUT2D eigenvalue weighted by Gasteiger charge is -2.35. The van der Waals surface area contributed by atoms with Crippen molar-refractivity contribution in [2.75, 3.05) is 54.6 Å². The highest BCUT2D eigenvalue weighted by molar-refractivity contribution is 9.10. The molecule has 2 aromatic carbocycles. The van der Waals surface area contributed by atoms with E-state index in [-0.39, 0.29) is 5.91 Å². The van der Waals surface area contributed by atoms with Gasteiger partial charge < -0.3 is 23.8 Å². The van der Waals surface area contributed by atoms with Crippen molar-refractivity contribution in [2.24, 2.45) is 0 Å². The standard InChI is InChI=1S/C22H27BrN2O5/c1-27-17-5-6-18(28-2)16(11-17)14-24-7-9-25(10-8-24)22(26)15-12-19(29-3)21(23)20(13-15)30-4/h5-6,11-13H,7-10,14H2,1-4H3. The van der Waals surface area contributed by atoms with Gasteiger partial charge in [-0.1, -0.05) is 0 Å². The Kier molecular flexibility index (Phi) is 7.44. The van der Waals surface area contributed by atoms with Gasteiger partial charge in [0, 0.05) is 43.9 Å². The second-order valence-corrected chi connectivity index (χ2v) is 7.73. The molecular formula is C22H27BrN2O5. The normalized spacial score (nSPS) is 14.4. The van der Waals surface area contributed by atoms with Crippen molar-refractivity contribution in [3.63, 3.8) is 0 Å². The summed E-state index contributed by atoms with van der Waals surface area (Å²) in [5.41, 5.74) is 1.62. The summed E-state index contributed by atoms with van der Waals surface area (Å²) in [6.45, 7) is 3.58. The minimum absolute atomic E-state index is 0.0299. The smallest absolute Gasteiger partial charge is 0.254 e. The van der Waals surface area contributed by atoms with Gasteiger partial charge >= 0.3 is 0 Å².